The zero-order chi connectivity index (χ0) is 65.4. The summed E-state index contributed by atoms with van der Waals surface area (Å²) in [5.41, 5.74) is 0. The number of carbonyl (C=O) groups is 1. The average molecular weight is 1290 g/mol. The summed E-state index contributed by atoms with van der Waals surface area (Å²) >= 11 is 0. The average Bonchev–Trinajstić information content (AvgIpc) is 0.995. The summed E-state index contributed by atoms with van der Waals surface area (Å²) in [6.45, 7) is 1.77. The lowest BCUT2D eigenvalue weighted by molar-refractivity contribution is -0.379. The van der Waals surface area contributed by atoms with Gasteiger partial charge in [0.25, 0.3) is 0 Å². The summed E-state index contributed by atoms with van der Waals surface area (Å²) in [5.74, 6) is -0.269. The van der Waals surface area contributed by atoms with Gasteiger partial charge in [-0.05, 0) is 19.3 Å². The van der Waals surface area contributed by atoms with Crippen LogP contribution in [0.4, 0.5) is 0 Å². The molecule has 3 fully saturated rings. The number of aliphatic hydroxyl groups is 11. The number of ether oxygens (including phenoxy) is 6. The maximum atomic E-state index is 13.4. The number of amides is 1. The third-order valence-corrected chi connectivity index (χ3v) is 18.8. The van der Waals surface area contributed by atoms with Gasteiger partial charge in [-0.2, -0.15) is 0 Å². The van der Waals surface area contributed by atoms with E-state index >= 15 is 0 Å². The van der Waals surface area contributed by atoms with Crippen LogP contribution < -0.4 is 5.32 Å². The Balaban J connectivity index is 1.35. The molecule has 3 rings (SSSR count). The normalized spacial score (nSPS) is 28.0. The Labute approximate surface area is 544 Å². The van der Waals surface area contributed by atoms with Crippen LogP contribution >= 0.6 is 0 Å². The zero-order valence-corrected chi connectivity index (χ0v) is 56.4. The fourth-order valence-corrected chi connectivity index (χ4v) is 12.8. The van der Waals surface area contributed by atoms with E-state index in [2.05, 4.69) is 19.2 Å². The van der Waals surface area contributed by atoms with Gasteiger partial charge in [-0.3, -0.25) is 4.79 Å². The first-order chi connectivity index (χ1) is 43.8. The van der Waals surface area contributed by atoms with Gasteiger partial charge in [-0.25, -0.2) is 0 Å². The summed E-state index contributed by atoms with van der Waals surface area (Å²) < 4.78 is 34.4. The molecule has 17 unspecified atom stereocenters. The van der Waals surface area contributed by atoms with Crippen molar-refractivity contribution in [3.63, 3.8) is 0 Å². The smallest absolute Gasteiger partial charge is 0.220 e. The van der Waals surface area contributed by atoms with Crippen molar-refractivity contribution in [2.45, 2.75) is 407 Å². The molecule has 17 atom stereocenters. The van der Waals surface area contributed by atoms with Crippen LogP contribution in [0.2, 0.25) is 0 Å². The largest absolute Gasteiger partial charge is 0.394 e. The molecule has 0 radical (unpaired) electrons. The van der Waals surface area contributed by atoms with Crippen molar-refractivity contribution in [3.8, 4) is 0 Å². The van der Waals surface area contributed by atoms with E-state index in [-0.39, 0.29) is 18.9 Å². The van der Waals surface area contributed by atoms with Crippen molar-refractivity contribution < 1.29 is 89.4 Å². The van der Waals surface area contributed by atoms with Crippen LogP contribution in [-0.2, 0) is 33.2 Å². The van der Waals surface area contributed by atoms with Crippen LogP contribution in [-0.4, -0.2) is 193 Å². The topological polar surface area (TPSA) is 307 Å². The number of nitrogens with one attached hydrogen (secondary N) is 1. The first kappa shape index (κ1) is 82.8. The lowest BCUT2D eigenvalue weighted by atomic mass is 9.96. The van der Waals surface area contributed by atoms with Gasteiger partial charge in [0.05, 0.1) is 38.6 Å². The van der Waals surface area contributed by atoms with Gasteiger partial charge in [0, 0.05) is 6.42 Å². The van der Waals surface area contributed by atoms with Crippen LogP contribution in [0, 0.1) is 0 Å². The monoisotopic (exact) mass is 1290 g/mol. The number of hydrogen-bond donors (Lipinski definition) is 12. The zero-order valence-electron chi connectivity index (χ0n) is 56.4. The molecule has 3 saturated heterocycles. The molecule has 532 valence electrons. The molecule has 19 nitrogen and oxygen atoms in total. The minimum atomic E-state index is -1.98. The second-order valence-corrected chi connectivity index (χ2v) is 26.8. The summed E-state index contributed by atoms with van der Waals surface area (Å²) in [6, 6.07) is -0.968. The number of hydrogen-bond acceptors (Lipinski definition) is 18. The van der Waals surface area contributed by atoms with Gasteiger partial charge >= 0.3 is 0 Å². The summed E-state index contributed by atoms with van der Waals surface area (Å²) in [5, 5.41) is 120. The van der Waals surface area contributed by atoms with Crippen molar-refractivity contribution in [2.75, 3.05) is 26.4 Å². The molecule has 19 heteroatoms. The summed E-state index contributed by atoms with van der Waals surface area (Å²) in [6.07, 6.45) is 33.6. The molecule has 0 spiro atoms. The highest BCUT2D eigenvalue weighted by molar-refractivity contribution is 5.76. The van der Waals surface area contributed by atoms with Crippen molar-refractivity contribution in [3.05, 3.63) is 12.2 Å². The Hall–Kier alpha value is -1.47. The van der Waals surface area contributed by atoms with Crippen LogP contribution in [0.25, 0.3) is 0 Å². The number of aliphatic hydroxyl groups excluding tert-OH is 11. The van der Waals surface area contributed by atoms with E-state index in [1.54, 1.807) is 6.08 Å². The molecule has 3 heterocycles. The molecular formula is C71H135NO18. The second kappa shape index (κ2) is 53.6. The number of unbranched alkanes of at least 4 members (excludes halogenated alkanes) is 42. The molecule has 0 saturated carbocycles. The number of rotatable bonds is 58. The van der Waals surface area contributed by atoms with Gasteiger partial charge in [0.15, 0.2) is 18.9 Å². The Morgan fingerprint density at radius 2 is 0.689 bits per heavy atom. The van der Waals surface area contributed by atoms with Crippen LogP contribution in [0.1, 0.15) is 303 Å². The van der Waals surface area contributed by atoms with Gasteiger partial charge < -0.3 is 89.9 Å². The summed E-state index contributed by atoms with van der Waals surface area (Å²) in [4.78, 5) is 13.4. The molecule has 3 aliphatic rings. The molecule has 0 bridgehead atoms. The second-order valence-electron chi connectivity index (χ2n) is 26.8. The van der Waals surface area contributed by atoms with Crippen LogP contribution in [0.3, 0.4) is 0 Å². The van der Waals surface area contributed by atoms with E-state index in [1.807, 2.05) is 6.08 Å². The van der Waals surface area contributed by atoms with E-state index in [1.165, 1.54) is 231 Å². The molecular weight excluding hydrogens is 1150 g/mol. The molecule has 0 aromatic heterocycles. The highest BCUT2D eigenvalue weighted by atomic mass is 16.8. The van der Waals surface area contributed by atoms with E-state index in [0.717, 1.165) is 44.9 Å². The predicted octanol–water partition coefficient (Wildman–Crippen LogP) is 10.4. The Bertz CT molecular complexity index is 1680. The molecule has 0 aromatic rings. The molecule has 3 aliphatic heterocycles. The van der Waals surface area contributed by atoms with E-state index in [0.29, 0.717) is 6.42 Å². The Morgan fingerprint density at radius 1 is 0.389 bits per heavy atom. The fourth-order valence-electron chi connectivity index (χ4n) is 12.8. The first-order valence-electron chi connectivity index (χ1n) is 36.9. The lowest BCUT2D eigenvalue weighted by Gasteiger charge is -2.48. The molecule has 12 N–H and O–H groups in total. The maximum Gasteiger partial charge on any atom is 0.220 e. The molecule has 0 aliphatic carbocycles. The van der Waals surface area contributed by atoms with Gasteiger partial charge in [-0.15, -0.1) is 0 Å². The lowest BCUT2D eigenvalue weighted by Crippen LogP contribution is -2.66. The number of carbonyl (C=O) groups excluding carboxylic acids is 1. The first-order valence-corrected chi connectivity index (χ1v) is 36.9. The third-order valence-electron chi connectivity index (χ3n) is 18.8. The van der Waals surface area contributed by atoms with Gasteiger partial charge in [-0.1, -0.05) is 289 Å². The van der Waals surface area contributed by atoms with Crippen LogP contribution in [0.15, 0.2) is 12.2 Å². The van der Waals surface area contributed by atoms with Crippen molar-refractivity contribution in [2.24, 2.45) is 0 Å². The SMILES string of the molecule is CCCCCCCCCCCCCC/C=C/C(O)C(COC1OC(CO)C(OC2OC(CO)C(OC3OC(CO)C(O)C(O)C3O)C(O)C2O)C(O)C1O)NC(=O)CCCCCCCCCCCCCCCCCCCCCCCCCCCCCCCCC. The van der Waals surface area contributed by atoms with Gasteiger partial charge in [0.2, 0.25) is 5.91 Å². The van der Waals surface area contributed by atoms with Crippen molar-refractivity contribution >= 4 is 5.91 Å². The molecule has 90 heavy (non-hydrogen) atoms. The van der Waals surface area contributed by atoms with E-state index in [4.69, 9.17) is 28.4 Å². The minimum absolute atomic E-state index is 0.250. The molecule has 0 aromatic carbocycles. The summed E-state index contributed by atoms with van der Waals surface area (Å²) in [7, 11) is 0. The number of allylic oxidation sites excluding steroid dienone is 1. The van der Waals surface area contributed by atoms with E-state index < -0.39 is 124 Å². The third kappa shape index (κ3) is 35.0. The fraction of sp³-hybridized carbons (Fsp3) is 0.958. The molecule has 1 amide bonds. The maximum absolute atomic E-state index is 13.4. The quantitative estimate of drug-likeness (QED) is 0.0199. The standard InChI is InChI=1S/C71H135NO18/c1-3-5-7-9-11-13-15-17-19-20-21-22-23-24-25-26-27-28-29-30-31-32-33-34-35-37-39-41-43-45-47-49-59(77)72-54(55(76)48-46-44-42-40-38-36-18-16-14-12-10-8-6-4-2)53-85-69-65(83)62(80)67(57(51-74)87-69)90-71-66(84)63(81)68(58(52-75)88-71)89-70-64(82)61(79)60(78)56(50-73)86-70/h46,48,54-58,60-71,73-76,78-84H,3-45,47,49-53H2,1-2H3,(H,72,77)/b48-46+. The van der Waals surface area contributed by atoms with Crippen LogP contribution in [0.5, 0.6) is 0 Å². The Morgan fingerprint density at radius 3 is 1.04 bits per heavy atom. The van der Waals surface area contributed by atoms with Gasteiger partial charge in [0.1, 0.15) is 73.2 Å². The highest BCUT2D eigenvalue weighted by Crippen LogP contribution is 2.33. The Kier molecular flexibility index (Phi) is 49.3. The minimum Gasteiger partial charge on any atom is -0.394 e. The highest BCUT2D eigenvalue weighted by Gasteiger charge is 2.53. The van der Waals surface area contributed by atoms with E-state index in [9.17, 15) is 61.0 Å². The van der Waals surface area contributed by atoms with Crippen molar-refractivity contribution in [1.29, 1.82) is 0 Å². The van der Waals surface area contributed by atoms with Crippen molar-refractivity contribution in [1.82, 2.24) is 5.32 Å². The predicted molar refractivity (Wildman–Crippen MR) is 351 cm³/mol.